The minimum atomic E-state index is -0.318. The molecule has 0 fully saturated rings. The van der Waals surface area contributed by atoms with Crippen molar-refractivity contribution in [2.24, 2.45) is 0 Å². The predicted octanol–water partition coefficient (Wildman–Crippen LogP) is 2.66. The first-order chi connectivity index (χ1) is 9.92. The number of ether oxygens (including phenoxy) is 1. The van der Waals surface area contributed by atoms with Crippen LogP contribution in [0.1, 0.15) is 20.8 Å². The molecule has 1 N–H and O–H groups in total. The number of amides is 1. The number of halogens is 1. The summed E-state index contributed by atoms with van der Waals surface area (Å²) in [4.78, 5) is 25.4. The van der Waals surface area contributed by atoms with E-state index >= 15 is 0 Å². The van der Waals surface area contributed by atoms with Crippen LogP contribution >= 0.6 is 15.9 Å². The van der Waals surface area contributed by atoms with Gasteiger partial charge in [0, 0.05) is 16.2 Å². The van der Waals surface area contributed by atoms with Gasteiger partial charge in [0.15, 0.2) is 0 Å². The van der Waals surface area contributed by atoms with Crippen LogP contribution in [0, 0.1) is 0 Å². The Kier molecular flexibility index (Phi) is 7.39. The highest BCUT2D eigenvalue weighted by atomic mass is 79.9. The SMILES string of the molecule is CCOC(=O)CN(CC(=O)Nc1cccc(Br)c1)C(C)C. The lowest BCUT2D eigenvalue weighted by Gasteiger charge is -2.24. The molecule has 1 aromatic rings. The summed E-state index contributed by atoms with van der Waals surface area (Å²) in [7, 11) is 0. The van der Waals surface area contributed by atoms with E-state index in [0.29, 0.717) is 12.3 Å². The monoisotopic (exact) mass is 356 g/mol. The van der Waals surface area contributed by atoms with Crippen molar-refractivity contribution in [1.82, 2.24) is 4.90 Å². The van der Waals surface area contributed by atoms with Crippen molar-refractivity contribution < 1.29 is 14.3 Å². The normalized spacial score (nSPS) is 10.8. The van der Waals surface area contributed by atoms with Gasteiger partial charge in [0.25, 0.3) is 0 Å². The molecular weight excluding hydrogens is 336 g/mol. The molecule has 1 amide bonds. The topological polar surface area (TPSA) is 58.6 Å². The van der Waals surface area contributed by atoms with E-state index in [9.17, 15) is 9.59 Å². The van der Waals surface area contributed by atoms with Crippen molar-refractivity contribution in [2.75, 3.05) is 25.0 Å². The van der Waals surface area contributed by atoms with Crippen molar-refractivity contribution in [2.45, 2.75) is 26.8 Å². The molecule has 0 bridgehead atoms. The van der Waals surface area contributed by atoms with Crippen LogP contribution in [0.25, 0.3) is 0 Å². The first kappa shape index (κ1) is 17.7. The molecule has 5 nitrogen and oxygen atoms in total. The molecule has 6 heteroatoms. The number of esters is 1. The predicted molar refractivity (Wildman–Crippen MR) is 86.1 cm³/mol. The Hall–Kier alpha value is -1.40. The molecule has 1 rings (SSSR count). The maximum atomic E-state index is 12.1. The highest BCUT2D eigenvalue weighted by molar-refractivity contribution is 9.10. The Morgan fingerprint density at radius 2 is 2.05 bits per heavy atom. The molecule has 0 unspecified atom stereocenters. The van der Waals surface area contributed by atoms with Gasteiger partial charge in [-0.15, -0.1) is 0 Å². The lowest BCUT2D eigenvalue weighted by molar-refractivity contribution is -0.145. The largest absolute Gasteiger partial charge is 0.465 e. The number of hydrogen-bond acceptors (Lipinski definition) is 4. The second-order valence-electron chi connectivity index (χ2n) is 4.86. The number of rotatable bonds is 7. The van der Waals surface area contributed by atoms with Gasteiger partial charge in [-0.3, -0.25) is 14.5 Å². The highest BCUT2D eigenvalue weighted by Crippen LogP contribution is 2.15. The minimum Gasteiger partial charge on any atom is -0.465 e. The average Bonchev–Trinajstić information content (AvgIpc) is 2.38. The molecule has 0 aliphatic carbocycles. The zero-order valence-corrected chi connectivity index (χ0v) is 14.1. The van der Waals surface area contributed by atoms with E-state index in [0.717, 1.165) is 4.47 Å². The van der Waals surface area contributed by atoms with Crippen LogP contribution in [0.15, 0.2) is 28.7 Å². The van der Waals surface area contributed by atoms with Gasteiger partial charge in [-0.2, -0.15) is 0 Å². The van der Waals surface area contributed by atoms with Gasteiger partial charge in [-0.1, -0.05) is 22.0 Å². The fraction of sp³-hybridized carbons (Fsp3) is 0.467. The van der Waals surface area contributed by atoms with Crippen LogP contribution in [0.4, 0.5) is 5.69 Å². The lowest BCUT2D eigenvalue weighted by atomic mass is 10.3. The maximum absolute atomic E-state index is 12.1. The van der Waals surface area contributed by atoms with Crippen molar-refractivity contribution in [1.29, 1.82) is 0 Å². The first-order valence-electron chi connectivity index (χ1n) is 6.87. The van der Waals surface area contributed by atoms with Crippen LogP contribution in [0.2, 0.25) is 0 Å². The Morgan fingerprint density at radius 1 is 1.33 bits per heavy atom. The molecule has 0 aromatic heterocycles. The van der Waals surface area contributed by atoms with Crippen molar-refractivity contribution in [3.63, 3.8) is 0 Å². The number of hydrogen-bond donors (Lipinski definition) is 1. The average molecular weight is 357 g/mol. The molecule has 0 spiro atoms. The molecule has 0 saturated heterocycles. The number of carbonyl (C=O) groups excluding carboxylic acids is 2. The molecule has 0 atom stereocenters. The van der Waals surface area contributed by atoms with E-state index in [1.54, 1.807) is 11.8 Å². The van der Waals surface area contributed by atoms with Gasteiger partial charge < -0.3 is 10.1 Å². The molecule has 0 radical (unpaired) electrons. The molecule has 0 aliphatic rings. The Balaban J connectivity index is 2.58. The first-order valence-corrected chi connectivity index (χ1v) is 7.66. The highest BCUT2D eigenvalue weighted by Gasteiger charge is 2.18. The van der Waals surface area contributed by atoms with Crippen molar-refractivity contribution >= 4 is 33.5 Å². The molecule has 0 aliphatic heterocycles. The van der Waals surface area contributed by atoms with Crippen molar-refractivity contribution in [3.8, 4) is 0 Å². The summed E-state index contributed by atoms with van der Waals surface area (Å²) in [5, 5.41) is 2.81. The standard InChI is InChI=1S/C15H21BrN2O3/c1-4-21-15(20)10-18(11(2)3)9-14(19)17-13-7-5-6-12(16)8-13/h5-8,11H,4,9-10H2,1-3H3,(H,17,19). The van der Waals surface area contributed by atoms with Crippen LogP contribution in [-0.2, 0) is 14.3 Å². The zero-order chi connectivity index (χ0) is 15.8. The number of carbonyl (C=O) groups is 2. The maximum Gasteiger partial charge on any atom is 0.320 e. The van der Waals surface area contributed by atoms with Gasteiger partial charge in [0.05, 0.1) is 19.7 Å². The summed E-state index contributed by atoms with van der Waals surface area (Å²) in [5.41, 5.74) is 0.717. The van der Waals surface area contributed by atoms with Gasteiger partial charge in [-0.05, 0) is 39.0 Å². The number of anilines is 1. The molecule has 116 valence electrons. The Labute approximate surface area is 133 Å². The van der Waals surface area contributed by atoms with Crippen LogP contribution in [0.3, 0.4) is 0 Å². The fourth-order valence-electron chi connectivity index (χ4n) is 1.74. The quantitative estimate of drug-likeness (QED) is 0.763. The number of nitrogens with one attached hydrogen (secondary N) is 1. The van der Waals surface area contributed by atoms with E-state index in [1.165, 1.54) is 0 Å². The molecule has 21 heavy (non-hydrogen) atoms. The fourth-order valence-corrected chi connectivity index (χ4v) is 2.14. The van der Waals surface area contributed by atoms with Gasteiger partial charge in [0.1, 0.15) is 0 Å². The summed E-state index contributed by atoms with van der Waals surface area (Å²) in [6.07, 6.45) is 0. The summed E-state index contributed by atoms with van der Waals surface area (Å²) in [5.74, 6) is -0.479. The van der Waals surface area contributed by atoms with E-state index in [1.807, 2.05) is 38.1 Å². The van der Waals surface area contributed by atoms with Gasteiger partial charge >= 0.3 is 5.97 Å². The zero-order valence-electron chi connectivity index (χ0n) is 12.6. The van der Waals surface area contributed by atoms with Crippen LogP contribution in [0.5, 0.6) is 0 Å². The summed E-state index contributed by atoms with van der Waals surface area (Å²) >= 11 is 3.35. The molecular formula is C15H21BrN2O3. The lowest BCUT2D eigenvalue weighted by Crippen LogP contribution is -2.41. The minimum absolute atomic E-state index is 0.0719. The molecule has 0 heterocycles. The van der Waals surface area contributed by atoms with E-state index < -0.39 is 0 Å². The summed E-state index contributed by atoms with van der Waals surface area (Å²) < 4.78 is 5.82. The number of benzene rings is 1. The van der Waals surface area contributed by atoms with E-state index in [2.05, 4.69) is 21.2 Å². The van der Waals surface area contributed by atoms with Gasteiger partial charge in [-0.25, -0.2) is 0 Å². The molecule has 0 saturated carbocycles. The third kappa shape index (κ3) is 6.73. The smallest absolute Gasteiger partial charge is 0.320 e. The third-order valence-corrected chi connectivity index (χ3v) is 3.32. The van der Waals surface area contributed by atoms with Crippen LogP contribution < -0.4 is 5.32 Å². The van der Waals surface area contributed by atoms with E-state index in [4.69, 9.17) is 4.74 Å². The van der Waals surface area contributed by atoms with Gasteiger partial charge in [0.2, 0.25) is 5.91 Å². The summed E-state index contributed by atoms with van der Waals surface area (Å²) in [6, 6.07) is 7.44. The van der Waals surface area contributed by atoms with Crippen molar-refractivity contribution in [3.05, 3.63) is 28.7 Å². The second kappa shape index (κ2) is 8.79. The molecule has 1 aromatic carbocycles. The summed E-state index contributed by atoms with van der Waals surface area (Å²) in [6.45, 7) is 6.23. The van der Waals surface area contributed by atoms with E-state index in [-0.39, 0.29) is 31.0 Å². The Bertz CT molecular complexity index is 492. The third-order valence-electron chi connectivity index (χ3n) is 2.82. The second-order valence-corrected chi connectivity index (χ2v) is 5.78. The number of nitrogens with zero attached hydrogens (tertiary/aromatic N) is 1. The van der Waals surface area contributed by atoms with Crippen LogP contribution in [-0.4, -0.2) is 42.5 Å². The Morgan fingerprint density at radius 3 is 2.62 bits per heavy atom.